The lowest BCUT2D eigenvalue weighted by Crippen LogP contribution is -2.30. The smallest absolute Gasteiger partial charge is 0.157 e. The first kappa shape index (κ1) is 8.48. The molecule has 3 nitrogen and oxygen atoms in total. The van der Waals surface area contributed by atoms with Gasteiger partial charge in [0.2, 0.25) is 0 Å². The molecule has 2 N–H and O–H groups in total. The monoisotopic (exact) mass is 172 g/mol. The van der Waals surface area contributed by atoms with Gasteiger partial charge >= 0.3 is 0 Å². The van der Waals surface area contributed by atoms with Crippen LogP contribution in [-0.4, -0.2) is 28.7 Å². The van der Waals surface area contributed by atoms with Crippen molar-refractivity contribution in [3.63, 3.8) is 0 Å². The lowest BCUT2D eigenvalue weighted by molar-refractivity contribution is -0.111. The van der Waals surface area contributed by atoms with Crippen LogP contribution in [0.25, 0.3) is 0 Å². The van der Waals surface area contributed by atoms with E-state index in [2.05, 4.69) is 0 Å². The minimum atomic E-state index is -0.606. The summed E-state index contributed by atoms with van der Waals surface area (Å²) in [7, 11) is 0. The lowest BCUT2D eigenvalue weighted by Gasteiger charge is -2.28. The molecule has 0 bridgehead atoms. The van der Waals surface area contributed by atoms with Crippen molar-refractivity contribution in [3.05, 3.63) is 0 Å². The van der Waals surface area contributed by atoms with Crippen LogP contribution in [0.1, 0.15) is 26.2 Å². The van der Waals surface area contributed by atoms with Gasteiger partial charge < -0.3 is 14.9 Å². The van der Waals surface area contributed by atoms with Crippen LogP contribution in [-0.2, 0) is 4.74 Å². The van der Waals surface area contributed by atoms with Crippen molar-refractivity contribution < 1.29 is 14.9 Å². The molecule has 3 heteroatoms. The molecular weight excluding hydrogens is 156 g/mol. The minimum Gasteiger partial charge on any atom is -0.393 e. The van der Waals surface area contributed by atoms with Crippen LogP contribution in [0.4, 0.5) is 0 Å². The molecule has 0 aromatic rings. The topological polar surface area (TPSA) is 49.7 Å². The Bertz CT molecular complexity index is 171. The van der Waals surface area contributed by atoms with Crippen LogP contribution in [0.15, 0.2) is 0 Å². The predicted octanol–water partition coefficient (Wildman–Crippen LogP) is 0.501. The zero-order valence-electron chi connectivity index (χ0n) is 7.31. The Balaban J connectivity index is 2.05. The Morgan fingerprint density at radius 2 is 2.00 bits per heavy atom. The maximum atomic E-state index is 9.42. The Morgan fingerprint density at radius 1 is 1.25 bits per heavy atom. The van der Waals surface area contributed by atoms with Crippen molar-refractivity contribution in [2.45, 2.75) is 44.7 Å². The number of ether oxygens (including phenoxy) is 1. The van der Waals surface area contributed by atoms with Gasteiger partial charge in [0.05, 0.1) is 12.2 Å². The van der Waals surface area contributed by atoms with Crippen LogP contribution in [0.3, 0.4) is 0 Å². The van der Waals surface area contributed by atoms with Gasteiger partial charge in [0.1, 0.15) is 0 Å². The summed E-state index contributed by atoms with van der Waals surface area (Å²) >= 11 is 0. The van der Waals surface area contributed by atoms with Crippen molar-refractivity contribution in [2.75, 3.05) is 0 Å². The molecule has 70 valence electrons. The Kier molecular flexibility index (Phi) is 2.10. The summed E-state index contributed by atoms with van der Waals surface area (Å²) < 4.78 is 5.37. The van der Waals surface area contributed by atoms with Gasteiger partial charge in [-0.05, 0) is 25.2 Å². The Hall–Kier alpha value is -0.120. The van der Waals surface area contributed by atoms with E-state index < -0.39 is 6.29 Å². The number of hydrogen-bond donors (Lipinski definition) is 2. The molecular formula is C9H16O3. The van der Waals surface area contributed by atoms with Gasteiger partial charge in [0.15, 0.2) is 6.29 Å². The first-order valence-corrected chi connectivity index (χ1v) is 4.70. The van der Waals surface area contributed by atoms with Gasteiger partial charge in [-0.25, -0.2) is 0 Å². The summed E-state index contributed by atoms with van der Waals surface area (Å²) in [6.07, 6.45) is 1.92. The zero-order chi connectivity index (χ0) is 8.72. The molecule has 2 unspecified atom stereocenters. The normalized spacial score (nSPS) is 53.8. The lowest BCUT2D eigenvalue weighted by atomic mass is 9.79. The largest absolute Gasteiger partial charge is 0.393 e. The Morgan fingerprint density at radius 3 is 2.75 bits per heavy atom. The highest BCUT2D eigenvalue weighted by atomic mass is 16.6. The molecule has 2 fully saturated rings. The maximum absolute atomic E-state index is 9.42. The third-order valence-electron chi connectivity index (χ3n) is 3.25. The average Bonchev–Trinajstić information content (AvgIpc) is 2.31. The van der Waals surface area contributed by atoms with Gasteiger partial charge in [0, 0.05) is 5.92 Å². The molecule has 1 heterocycles. The van der Waals surface area contributed by atoms with Gasteiger partial charge in [-0.2, -0.15) is 0 Å². The van der Waals surface area contributed by atoms with Crippen molar-refractivity contribution in [2.24, 2.45) is 11.8 Å². The molecule has 5 atom stereocenters. The van der Waals surface area contributed by atoms with E-state index in [9.17, 15) is 10.2 Å². The van der Waals surface area contributed by atoms with Gasteiger partial charge in [-0.1, -0.05) is 6.92 Å². The molecule has 2 rings (SSSR count). The van der Waals surface area contributed by atoms with Crippen LogP contribution in [0.5, 0.6) is 0 Å². The van der Waals surface area contributed by atoms with Gasteiger partial charge in [-0.3, -0.25) is 0 Å². The molecule has 1 aliphatic carbocycles. The quantitative estimate of drug-likeness (QED) is 0.559. The van der Waals surface area contributed by atoms with Crippen LogP contribution in [0.2, 0.25) is 0 Å². The molecule has 0 spiro atoms. The fourth-order valence-corrected chi connectivity index (χ4v) is 2.39. The van der Waals surface area contributed by atoms with Gasteiger partial charge in [-0.15, -0.1) is 0 Å². The van der Waals surface area contributed by atoms with E-state index in [1.807, 2.05) is 6.92 Å². The molecule has 0 radical (unpaired) electrons. The van der Waals surface area contributed by atoms with Crippen molar-refractivity contribution in [1.29, 1.82) is 0 Å². The standard InChI is InChI=1S/C9H16O3/c1-5-7-4-6(10)2-3-8(7)12-9(5)11/h5-11H,2-4H2,1H3/t5-,6?,7-,8-,9?/m1/s1. The van der Waals surface area contributed by atoms with E-state index in [-0.39, 0.29) is 18.1 Å². The summed E-state index contributed by atoms with van der Waals surface area (Å²) in [5.74, 6) is 0.550. The molecule has 1 saturated heterocycles. The average molecular weight is 172 g/mol. The summed E-state index contributed by atoms with van der Waals surface area (Å²) in [4.78, 5) is 0. The number of aliphatic hydroxyl groups excluding tert-OH is 2. The molecule has 0 aromatic carbocycles. The minimum absolute atomic E-state index is 0.178. The van der Waals surface area contributed by atoms with E-state index in [0.29, 0.717) is 5.92 Å². The molecule has 0 amide bonds. The Labute approximate surface area is 72.3 Å². The van der Waals surface area contributed by atoms with Crippen molar-refractivity contribution >= 4 is 0 Å². The highest BCUT2D eigenvalue weighted by molar-refractivity contribution is 4.89. The number of fused-ring (bicyclic) bond motifs is 1. The number of aliphatic hydroxyl groups is 2. The van der Waals surface area contributed by atoms with Crippen molar-refractivity contribution in [3.8, 4) is 0 Å². The summed E-state index contributed by atoms with van der Waals surface area (Å²) in [5.41, 5.74) is 0. The predicted molar refractivity (Wildman–Crippen MR) is 43.4 cm³/mol. The van der Waals surface area contributed by atoms with Crippen LogP contribution < -0.4 is 0 Å². The molecule has 2 aliphatic rings. The third kappa shape index (κ3) is 1.26. The summed E-state index contributed by atoms with van der Waals surface area (Å²) in [6.45, 7) is 1.99. The number of hydrogen-bond acceptors (Lipinski definition) is 3. The van der Waals surface area contributed by atoms with E-state index >= 15 is 0 Å². The fourth-order valence-electron chi connectivity index (χ4n) is 2.39. The van der Waals surface area contributed by atoms with E-state index in [4.69, 9.17) is 4.74 Å². The first-order valence-electron chi connectivity index (χ1n) is 4.70. The molecule has 1 aliphatic heterocycles. The summed E-state index contributed by atoms with van der Waals surface area (Å²) in [5, 5.41) is 18.8. The van der Waals surface area contributed by atoms with E-state index in [1.165, 1.54) is 0 Å². The van der Waals surface area contributed by atoms with Crippen LogP contribution >= 0.6 is 0 Å². The molecule has 0 aromatic heterocycles. The SMILES string of the molecule is C[C@H]1C(O)O[C@@H]2CCC(O)C[C@@H]21. The zero-order valence-corrected chi connectivity index (χ0v) is 7.31. The first-order chi connectivity index (χ1) is 5.68. The van der Waals surface area contributed by atoms with E-state index in [1.54, 1.807) is 0 Å². The van der Waals surface area contributed by atoms with Crippen LogP contribution in [0, 0.1) is 11.8 Å². The van der Waals surface area contributed by atoms with E-state index in [0.717, 1.165) is 19.3 Å². The van der Waals surface area contributed by atoms with Gasteiger partial charge in [0.25, 0.3) is 0 Å². The number of rotatable bonds is 0. The second kappa shape index (κ2) is 2.98. The van der Waals surface area contributed by atoms with Crippen molar-refractivity contribution in [1.82, 2.24) is 0 Å². The maximum Gasteiger partial charge on any atom is 0.157 e. The highest BCUT2D eigenvalue weighted by Gasteiger charge is 2.43. The fraction of sp³-hybridized carbons (Fsp3) is 1.00. The molecule has 1 saturated carbocycles. The second-order valence-electron chi connectivity index (χ2n) is 4.05. The third-order valence-corrected chi connectivity index (χ3v) is 3.25. The second-order valence-corrected chi connectivity index (χ2v) is 4.05. The highest BCUT2D eigenvalue weighted by Crippen LogP contribution is 2.40. The molecule has 12 heavy (non-hydrogen) atoms. The summed E-state index contributed by atoms with van der Waals surface area (Å²) in [6, 6.07) is 0.